The number of nitrogens with zero attached hydrogens (tertiary/aromatic N) is 2. The summed E-state index contributed by atoms with van der Waals surface area (Å²) in [6.45, 7) is 2.71. The Morgan fingerprint density at radius 2 is 2.20 bits per heavy atom. The molecule has 1 N–H and O–H groups in total. The van der Waals surface area contributed by atoms with Gasteiger partial charge in [0, 0.05) is 18.5 Å². The van der Waals surface area contributed by atoms with Crippen molar-refractivity contribution in [1.29, 1.82) is 0 Å². The number of unbranched alkanes of at least 4 members (excludes halogenated alkanes) is 1. The van der Waals surface area contributed by atoms with Crippen molar-refractivity contribution in [1.82, 2.24) is 9.97 Å². The number of anilines is 1. The van der Waals surface area contributed by atoms with Gasteiger partial charge in [-0.25, -0.2) is 4.98 Å². The van der Waals surface area contributed by atoms with E-state index in [1.807, 2.05) is 6.92 Å². The van der Waals surface area contributed by atoms with Gasteiger partial charge in [0.1, 0.15) is 11.6 Å². The van der Waals surface area contributed by atoms with Gasteiger partial charge in [-0.2, -0.15) is 4.98 Å². The van der Waals surface area contributed by atoms with Crippen LogP contribution < -0.4 is 10.1 Å². The van der Waals surface area contributed by atoms with Crippen LogP contribution in [0.2, 0.25) is 0 Å². The second kappa shape index (κ2) is 6.45. The summed E-state index contributed by atoms with van der Waals surface area (Å²) < 4.78 is 5.05. The SMILES string of the molecule is COc1cc(NCCCCCl)nc(C)n1. The molecule has 0 fully saturated rings. The van der Waals surface area contributed by atoms with Gasteiger partial charge in [-0.05, 0) is 19.8 Å². The highest BCUT2D eigenvalue weighted by atomic mass is 35.5. The summed E-state index contributed by atoms with van der Waals surface area (Å²) in [6, 6.07) is 1.79. The van der Waals surface area contributed by atoms with E-state index in [2.05, 4.69) is 15.3 Å². The van der Waals surface area contributed by atoms with Crippen molar-refractivity contribution in [2.24, 2.45) is 0 Å². The smallest absolute Gasteiger partial charge is 0.218 e. The number of hydrogen-bond acceptors (Lipinski definition) is 4. The topological polar surface area (TPSA) is 47.0 Å². The predicted molar refractivity (Wildman–Crippen MR) is 61.8 cm³/mol. The first kappa shape index (κ1) is 12.0. The average Bonchev–Trinajstić information content (AvgIpc) is 2.23. The zero-order valence-corrected chi connectivity index (χ0v) is 9.84. The number of halogens is 1. The van der Waals surface area contributed by atoms with E-state index >= 15 is 0 Å². The molecule has 1 rings (SSSR count). The van der Waals surface area contributed by atoms with Gasteiger partial charge in [0.25, 0.3) is 0 Å². The maximum atomic E-state index is 5.58. The molecule has 5 heteroatoms. The summed E-state index contributed by atoms with van der Waals surface area (Å²) in [7, 11) is 1.60. The molecule has 0 saturated carbocycles. The van der Waals surface area contributed by atoms with Crippen molar-refractivity contribution in [3.05, 3.63) is 11.9 Å². The molecule has 0 saturated heterocycles. The van der Waals surface area contributed by atoms with Crippen LogP contribution in [0.5, 0.6) is 5.88 Å². The Bertz CT molecular complexity index is 307. The van der Waals surface area contributed by atoms with Gasteiger partial charge in [0.05, 0.1) is 7.11 Å². The van der Waals surface area contributed by atoms with Crippen LogP contribution in [0.4, 0.5) is 5.82 Å². The highest BCUT2D eigenvalue weighted by molar-refractivity contribution is 6.17. The molecule has 0 amide bonds. The van der Waals surface area contributed by atoms with Crippen LogP contribution in [0.25, 0.3) is 0 Å². The zero-order chi connectivity index (χ0) is 11.1. The Kier molecular flexibility index (Phi) is 5.18. The highest BCUT2D eigenvalue weighted by Crippen LogP contribution is 2.12. The van der Waals surface area contributed by atoms with E-state index < -0.39 is 0 Å². The molecule has 0 aliphatic carbocycles. The summed E-state index contributed by atoms with van der Waals surface area (Å²) >= 11 is 5.58. The third-order valence-corrected chi connectivity index (χ3v) is 2.16. The van der Waals surface area contributed by atoms with Crippen LogP contribution >= 0.6 is 11.6 Å². The standard InChI is InChI=1S/C10H16ClN3O/c1-8-13-9(7-10(14-8)15-2)12-6-4-3-5-11/h7H,3-6H2,1-2H3,(H,12,13,14). The first-order chi connectivity index (χ1) is 7.26. The molecule has 0 bridgehead atoms. The van der Waals surface area contributed by atoms with Crippen LogP contribution in [0.1, 0.15) is 18.7 Å². The molecule has 0 radical (unpaired) electrons. The third-order valence-electron chi connectivity index (χ3n) is 1.89. The molecule has 1 aromatic rings. The lowest BCUT2D eigenvalue weighted by Crippen LogP contribution is -2.05. The Balaban J connectivity index is 2.49. The summed E-state index contributed by atoms with van der Waals surface area (Å²) in [5, 5.41) is 3.21. The van der Waals surface area contributed by atoms with Gasteiger partial charge in [0.2, 0.25) is 5.88 Å². The first-order valence-electron chi connectivity index (χ1n) is 4.95. The van der Waals surface area contributed by atoms with Crippen LogP contribution in [0.15, 0.2) is 6.07 Å². The maximum absolute atomic E-state index is 5.58. The maximum Gasteiger partial charge on any atom is 0.218 e. The lowest BCUT2D eigenvalue weighted by molar-refractivity contribution is 0.396. The highest BCUT2D eigenvalue weighted by Gasteiger charge is 2.00. The average molecular weight is 230 g/mol. The number of aryl methyl sites for hydroxylation is 1. The van der Waals surface area contributed by atoms with E-state index in [4.69, 9.17) is 16.3 Å². The molecule has 15 heavy (non-hydrogen) atoms. The van der Waals surface area contributed by atoms with Crippen molar-refractivity contribution in [2.75, 3.05) is 24.9 Å². The second-order valence-electron chi connectivity index (χ2n) is 3.17. The van der Waals surface area contributed by atoms with E-state index in [0.29, 0.717) is 17.6 Å². The molecular weight excluding hydrogens is 214 g/mol. The van der Waals surface area contributed by atoms with Gasteiger partial charge in [-0.15, -0.1) is 11.6 Å². The summed E-state index contributed by atoms with van der Waals surface area (Å²) in [4.78, 5) is 8.35. The van der Waals surface area contributed by atoms with Crippen LogP contribution in [-0.2, 0) is 0 Å². The predicted octanol–water partition coefficient (Wildman–Crippen LogP) is 2.22. The molecule has 0 aliphatic heterocycles. The number of hydrogen-bond donors (Lipinski definition) is 1. The van der Waals surface area contributed by atoms with Crippen molar-refractivity contribution in [3.8, 4) is 5.88 Å². The zero-order valence-electron chi connectivity index (χ0n) is 9.09. The van der Waals surface area contributed by atoms with E-state index in [-0.39, 0.29) is 0 Å². The number of alkyl halides is 1. The Morgan fingerprint density at radius 3 is 2.87 bits per heavy atom. The van der Waals surface area contributed by atoms with E-state index in [1.54, 1.807) is 13.2 Å². The molecule has 0 atom stereocenters. The Morgan fingerprint density at radius 1 is 1.40 bits per heavy atom. The van der Waals surface area contributed by atoms with Crippen molar-refractivity contribution in [2.45, 2.75) is 19.8 Å². The molecule has 0 unspecified atom stereocenters. The van der Waals surface area contributed by atoms with Gasteiger partial charge >= 0.3 is 0 Å². The number of methoxy groups -OCH3 is 1. The van der Waals surface area contributed by atoms with Gasteiger partial charge in [0.15, 0.2) is 0 Å². The third kappa shape index (κ3) is 4.34. The minimum Gasteiger partial charge on any atom is -0.481 e. The minimum atomic E-state index is 0.586. The molecule has 84 valence electrons. The lowest BCUT2D eigenvalue weighted by Gasteiger charge is -2.07. The molecule has 0 spiro atoms. The normalized spacial score (nSPS) is 10.1. The molecular formula is C10H16ClN3O. The van der Waals surface area contributed by atoms with Crippen molar-refractivity contribution < 1.29 is 4.74 Å². The summed E-state index contributed by atoms with van der Waals surface area (Å²) in [5.41, 5.74) is 0. The number of aromatic nitrogens is 2. The Labute approximate surface area is 95.0 Å². The largest absolute Gasteiger partial charge is 0.481 e. The quantitative estimate of drug-likeness (QED) is 0.600. The van der Waals surface area contributed by atoms with Crippen molar-refractivity contribution in [3.63, 3.8) is 0 Å². The van der Waals surface area contributed by atoms with Crippen molar-refractivity contribution >= 4 is 17.4 Å². The number of nitrogens with one attached hydrogen (secondary N) is 1. The first-order valence-corrected chi connectivity index (χ1v) is 5.49. The van der Waals surface area contributed by atoms with Gasteiger partial charge < -0.3 is 10.1 Å². The van der Waals surface area contributed by atoms with Crippen LogP contribution in [-0.4, -0.2) is 29.5 Å². The molecule has 4 nitrogen and oxygen atoms in total. The number of ether oxygens (including phenoxy) is 1. The van der Waals surface area contributed by atoms with Gasteiger partial charge in [-0.3, -0.25) is 0 Å². The molecule has 1 aromatic heterocycles. The fourth-order valence-electron chi connectivity index (χ4n) is 1.17. The lowest BCUT2D eigenvalue weighted by atomic mass is 10.3. The minimum absolute atomic E-state index is 0.586. The van der Waals surface area contributed by atoms with Gasteiger partial charge in [-0.1, -0.05) is 0 Å². The Hall–Kier alpha value is -1.03. The second-order valence-corrected chi connectivity index (χ2v) is 3.54. The summed E-state index contributed by atoms with van der Waals surface area (Å²) in [6.07, 6.45) is 2.05. The van der Waals surface area contributed by atoms with E-state index in [1.165, 1.54) is 0 Å². The summed E-state index contributed by atoms with van der Waals surface area (Å²) in [5.74, 6) is 2.79. The molecule has 0 aliphatic rings. The number of rotatable bonds is 6. The molecule has 1 heterocycles. The molecule has 0 aromatic carbocycles. The monoisotopic (exact) mass is 229 g/mol. The van der Waals surface area contributed by atoms with E-state index in [9.17, 15) is 0 Å². The van der Waals surface area contributed by atoms with E-state index in [0.717, 1.165) is 25.2 Å². The van der Waals surface area contributed by atoms with Crippen LogP contribution in [0.3, 0.4) is 0 Å². The fraction of sp³-hybridized carbons (Fsp3) is 0.600. The van der Waals surface area contributed by atoms with Crippen LogP contribution in [0, 0.1) is 6.92 Å². The fourth-order valence-corrected chi connectivity index (χ4v) is 1.36.